The molecular weight excluding hydrogens is 568 g/mol. The molecule has 0 aliphatic carbocycles. The SMILES string of the molecule is C=C(C)C(=O)OCC[N+](C)(C)Cc1ccccc1.C=C(C)C(=O)OCC[N+](C)(C)Cc1ccccc1.C=C(C)C(=O)[O-].[Cl-]. The van der Waals surface area contributed by atoms with Crippen LogP contribution in [0.25, 0.3) is 0 Å². The van der Waals surface area contributed by atoms with Gasteiger partial charge in [-0.1, -0.05) is 80.4 Å². The monoisotopic (exact) mass is 616 g/mol. The Bertz CT molecular complexity index is 1080. The van der Waals surface area contributed by atoms with Crippen LogP contribution in [-0.2, 0) is 36.9 Å². The molecule has 0 atom stereocenters. The van der Waals surface area contributed by atoms with E-state index >= 15 is 0 Å². The summed E-state index contributed by atoms with van der Waals surface area (Å²) in [6.45, 7) is 19.2. The summed E-state index contributed by atoms with van der Waals surface area (Å²) in [5.41, 5.74) is 3.53. The largest absolute Gasteiger partial charge is 1.00 e. The minimum atomic E-state index is -1.19. The zero-order valence-electron chi connectivity index (χ0n) is 26.9. The number of esters is 2. The van der Waals surface area contributed by atoms with Gasteiger partial charge in [-0.25, -0.2) is 9.59 Å². The highest BCUT2D eigenvalue weighted by Gasteiger charge is 2.18. The Morgan fingerprint density at radius 1 is 0.628 bits per heavy atom. The highest BCUT2D eigenvalue weighted by atomic mass is 35.5. The third-order valence-corrected chi connectivity index (χ3v) is 5.81. The Kier molecular flexibility index (Phi) is 20.3. The molecule has 0 bridgehead atoms. The van der Waals surface area contributed by atoms with Crippen LogP contribution in [0.4, 0.5) is 0 Å². The number of carbonyl (C=O) groups is 3. The molecule has 9 heteroatoms. The van der Waals surface area contributed by atoms with E-state index in [-0.39, 0.29) is 29.9 Å². The third-order valence-electron chi connectivity index (χ3n) is 5.81. The highest BCUT2D eigenvalue weighted by molar-refractivity contribution is 5.87. The molecule has 8 nitrogen and oxygen atoms in total. The molecule has 43 heavy (non-hydrogen) atoms. The van der Waals surface area contributed by atoms with Crippen LogP contribution < -0.4 is 17.5 Å². The number of ether oxygens (including phenoxy) is 2. The maximum absolute atomic E-state index is 11.3. The molecule has 0 heterocycles. The zero-order valence-corrected chi connectivity index (χ0v) is 27.6. The molecule has 2 rings (SSSR count). The number of nitrogens with zero attached hydrogens (tertiary/aromatic N) is 2. The molecule has 0 amide bonds. The van der Waals surface area contributed by atoms with Gasteiger partial charge in [0.25, 0.3) is 0 Å². The smallest absolute Gasteiger partial charge is 0.333 e. The van der Waals surface area contributed by atoms with Crippen LogP contribution in [0.3, 0.4) is 0 Å². The number of halogens is 1. The molecule has 0 saturated carbocycles. The first-order valence-electron chi connectivity index (χ1n) is 13.7. The Balaban J connectivity index is 0. The van der Waals surface area contributed by atoms with Gasteiger partial charge < -0.3 is 40.7 Å². The van der Waals surface area contributed by atoms with E-state index in [9.17, 15) is 19.5 Å². The lowest BCUT2D eigenvalue weighted by Gasteiger charge is -2.29. The third kappa shape index (κ3) is 21.6. The van der Waals surface area contributed by atoms with Gasteiger partial charge in [0, 0.05) is 22.3 Å². The molecule has 0 N–H and O–H groups in total. The molecule has 0 unspecified atom stereocenters. The van der Waals surface area contributed by atoms with Gasteiger partial charge >= 0.3 is 11.9 Å². The molecule has 0 radical (unpaired) electrons. The van der Waals surface area contributed by atoms with Crippen molar-refractivity contribution < 1.29 is 50.3 Å². The zero-order chi connectivity index (χ0) is 32.3. The van der Waals surface area contributed by atoms with E-state index in [1.165, 1.54) is 18.1 Å². The lowest BCUT2D eigenvalue weighted by molar-refractivity contribution is -0.903. The van der Waals surface area contributed by atoms with Gasteiger partial charge in [-0.3, -0.25) is 0 Å². The summed E-state index contributed by atoms with van der Waals surface area (Å²) < 4.78 is 11.8. The topological polar surface area (TPSA) is 92.7 Å². The molecule has 2 aromatic rings. The second-order valence-corrected chi connectivity index (χ2v) is 11.5. The second kappa shape index (κ2) is 21.0. The first-order chi connectivity index (χ1) is 19.5. The number of carboxylic acid groups (broad SMARTS) is 1. The first kappa shape index (κ1) is 41.4. The van der Waals surface area contributed by atoms with E-state index < -0.39 is 5.97 Å². The molecule has 2 aromatic carbocycles. The van der Waals surface area contributed by atoms with Crippen molar-refractivity contribution in [2.75, 3.05) is 54.5 Å². The molecule has 0 aliphatic heterocycles. The summed E-state index contributed by atoms with van der Waals surface area (Å²) in [5.74, 6) is -1.81. The molecule has 0 saturated heterocycles. The molecule has 0 spiro atoms. The van der Waals surface area contributed by atoms with Crippen LogP contribution >= 0.6 is 0 Å². The summed E-state index contributed by atoms with van der Waals surface area (Å²) in [5, 5.41) is 9.49. The normalized spacial score (nSPS) is 10.3. The van der Waals surface area contributed by atoms with Crippen molar-refractivity contribution >= 4 is 17.9 Å². The number of carboxylic acids is 1. The van der Waals surface area contributed by atoms with Crippen molar-refractivity contribution in [3.8, 4) is 0 Å². The molecule has 0 fully saturated rings. The van der Waals surface area contributed by atoms with Crippen molar-refractivity contribution in [1.82, 2.24) is 0 Å². The number of quaternary nitrogens is 2. The number of likely N-dealkylation sites (N-methyl/N-ethyl adjacent to an activating group) is 2. The van der Waals surface area contributed by atoms with Crippen LogP contribution in [0, 0.1) is 0 Å². The van der Waals surface area contributed by atoms with Crippen molar-refractivity contribution in [1.29, 1.82) is 0 Å². The number of benzene rings is 2. The maximum Gasteiger partial charge on any atom is 0.333 e. The van der Waals surface area contributed by atoms with Crippen LogP contribution in [0.2, 0.25) is 0 Å². The lowest BCUT2D eigenvalue weighted by Crippen LogP contribution is -3.00. The predicted octanol–water partition coefficient (Wildman–Crippen LogP) is 1.08. The van der Waals surface area contributed by atoms with Crippen LogP contribution in [-0.4, -0.2) is 81.4 Å². The van der Waals surface area contributed by atoms with Gasteiger partial charge in [0.15, 0.2) is 0 Å². The van der Waals surface area contributed by atoms with E-state index in [1.807, 2.05) is 36.4 Å². The first-order valence-corrected chi connectivity index (χ1v) is 13.7. The van der Waals surface area contributed by atoms with E-state index in [4.69, 9.17) is 9.47 Å². The molecular formula is C34H49ClN2O6. The Hall–Kier alpha value is -3.72. The van der Waals surface area contributed by atoms with Gasteiger partial charge in [0.2, 0.25) is 0 Å². The summed E-state index contributed by atoms with van der Waals surface area (Å²) >= 11 is 0. The van der Waals surface area contributed by atoms with Gasteiger partial charge in [-0.05, 0) is 26.3 Å². The van der Waals surface area contributed by atoms with Crippen LogP contribution in [0.1, 0.15) is 31.9 Å². The fraction of sp³-hybridized carbons (Fsp3) is 0.382. The number of carbonyl (C=O) groups excluding carboxylic acids is 3. The Morgan fingerprint density at radius 2 is 0.907 bits per heavy atom. The number of rotatable bonds is 13. The van der Waals surface area contributed by atoms with E-state index in [2.05, 4.69) is 72.2 Å². The average Bonchev–Trinajstić information content (AvgIpc) is 2.89. The molecule has 0 aromatic heterocycles. The van der Waals surface area contributed by atoms with Gasteiger partial charge in [-0.15, -0.1) is 0 Å². The van der Waals surface area contributed by atoms with Crippen molar-refractivity contribution in [3.05, 3.63) is 108 Å². The van der Waals surface area contributed by atoms with Crippen molar-refractivity contribution in [2.45, 2.75) is 33.9 Å². The van der Waals surface area contributed by atoms with Crippen LogP contribution in [0.5, 0.6) is 0 Å². The maximum atomic E-state index is 11.3. The molecule has 0 aliphatic rings. The minimum Gasteiger partial charge on any atom is -1.00 e. The highest BCUT2D eigenvalue weighted by Crippen LogP contribution is 2.10. The summed E-state index contributed by atoms with van der Waals surface area (Å²) in [6.07, 6.45) is 0. The second-order valence-electron chi connectivity index (χ2n) is 11.5. The fourth-order valence-corrected chi connectivity index (χ4v) is 3.33. The van der Waals surface area contributed by atoms with E-state index in [0.29, 0.717) is 24.4 Å². The molecule has 238 valence electrons. The Labute approximate surface area is 264 Å². The fourth-order valence-electron chi connectivity index (χ4n) is 3.33. The quantitative estimate of drug-likeness (QED) is 0.190. The lowest BCUT2D eigenvalue weighted by atomic mass is 10.2. The average molecular weight is 617 g/mol. The van der Waals surface area contributed by atoms with Crippen LogP contribution in [0.15, 0.2) is 97.1 Å². The minimum absolute atomic E-state index is 0. The number of hydrogen-bond acceptors (Lipinski definition) is 6. The summed E-state index contributed by atoms with van der Waals surface area (Å²) in [6, 6.07) is 20.6. The Morgan fingerprint density at radius 3 is 1.14 bits per heavy atom. The predicted molar refractivity (Wildman–Crippen MR) is 166 cm³/mol. The van der Waals surface area contributed by atoms with Gasteiger partial charge in [0.1, 0.15) is 39.4 Å². The number of aliphatic carboxylic acids is 1. The summed E-state index contributed by atoms with van der Waals surface area (Å²) in [7, 11) is 8.51. The van der Waals surface area contributed by atoms with E-state index in [1.54, 1.807) is 13.8 Å². The number of hydrogen-bond donors (Lipinski definition) is 0. The summed E-state index contributed by atoms with van der Waals surface area (Å²) in [4.78, 5) is 32.0. The van der Waals surface area contributed by atoms with E-state index in [0.717, 1.165) is 35.1 Å². The standard InChI is InChI=1S/2C15H22NO2.C4H6O2.ClH/c2*1-13(2)15(17)18-11-10-16(3,4)12-14-8-6-5-7-9-14;1-3(2)4(5)6;/h2*5-9H,1,10-12H2,2-4H3;1H2,2H3,(H,5,6);1H/q2*+1;;/p-2. The van der Waals surface area contributed by atoms with Gasteiger partial charge in [0.05, 0.1) is 34.2 Å². The van der Waals surface area contributed by atoms with Crippen molar-refractivity contribution in [3.63, 3.8) is 0 Å². The van der Waals surface area contributed by atoms with Gasteiger partial charge in [-0.2, -0.15) is 0 Å². The van der Waals surface area contributed by atoms with Crippen molar-refractivity contribution in [2.24, 2.45) is 0 Å².